The molecule has 2 heteroatoms. The van der Waals surface area contributed by atoms with Crippen LogP contribution >= 0.6 is 0 Å². The highest BCUT2D eigenvalue weighted by molar-refractivity contribution is 5.89. The summed E-state index contributed by atoms with van der Waals surface area (Å²) in [7, 11) is 0. The number of carbonyl (C=O) groups excluding carboxylic acids is 1. The Bertz CT molecular complexity index is 261. The van der Waals surface area contributed by atoms with E-state index in [2.05, 4.69) is 13.8 Å². The topological polar surface area (TPSA) is 26.3 Å². The van der Waals surface area contributed by atoms with Crippen LogP contribution in [0.15, 0.2) is 11.1 Å². The molecule has 0 heterocycles. The molecule has 0 amide bonds. The molecule has 0 saturated heterocycles. The third-order valence-electron chi connectivity index (χ3n) is 3.08. The molecule has 0 aromatic carbocycles. The highest BCUT2D eigenvalue weighted by Crippen LogP contribution is 2.43. The van der Waals surface area contributed by atoms with E-state index in [0.717, 1.165) is 12.0 Å². The van der Waals surface area contributed by atoms with Gasteiger partial charge in [-0.15, -0.1) is 0 Å². The van der Waals surface area contributed by atoms with E-state index in [4.69, 9.17) is 4.74 Å². The van der Waals surface area contributed by atoms with Crippen LogP contribution in [0.25, 0.3) is 0 Å². The van der Waals surface area contributed by atoms with E-state index in [-0.39, 0.29) is 11.4 Å². The molecule has 2 nitrogen and oxygen atoms in total. The lowest BCUT2D eigenvalue weighted by Gasteiger charge is -2.21. The van der Waals surface area contributed by atoms with Gasteiger partial charge in [0.15, 0.2) is 0 Å². The average molecular weight is 196 g/mol. The first-order valence-electron chi connectivity index (χ1n) is 5.36. The van der Waals surface area contributed by atoms with Gasteiger partial charge >= 0.3 is 5.97 Å². The highest BCUT2D eigenvalue weighted by Gasteiger charge is 2.31. The van der Waals surface area contributed by atoms with Crippen molar-refractivity contribution >= 4 is 5.97 Å². The molecule has 0 bridgehead atoms. The van der Waals surface area contributed by atoms with Crippen LogP contribution in [0, 0.1) is 5.41 Å². The molecule has 0 spiro atoms. The maximum Gasteiger partial charge on any atom is 0.333 e. The number of ether oxygens (including phenoxy) is 1. The van der Waals surface area contributed by atoms with Crippen LogP contribution in [0.4, 0.5) is 0 Å². The second kappa shape index (κ2) is 4.16. The predicted octanol–water partition coefficient (Wildman–Crippen LogP) is 3.08. The highest BCUT2D eigenvalue weighted by atomic mass is 16.5. The second-order valence-electron chi connectivity index (χ2n) is 4.56. The molecule has 1 aliphatic carbocycles. The van der Waals surface area contributed by atoms with Crippen LogP contribution < -0.4 is 0 Å². The predicted molar refractivity (Wildman–Crippen MR) is 57.0 cm³/mol. The van der Waals surface area contributed by atoms with Crippen molar-refractivity contribution in [2.45, 2.75) is 47.0 Å². The Morgan fingerprint density at radius 3 is 2.57 bits per heavy atom. The number of rotatable bonds is 2. The zero-order chi connectivity index (χ0) is 10.8. The molecular formula is C12H20O2. The van der Waals surface area contributed by atoms with Gasteiger partial charge in [0.1, 0.15) is 0 Å². The van der Waals surface area contributed by atoms with Gasteiger partial charge in [-0.2, -0.15) is 0 Å². The van der Waals surface area contributed by atoms with Crippen molar-refractivity contribution in [2.24, 2.45) is 5.41 Å². The normalized spacial score (nSPS) is 23.4. The van der Waals surface area contributed by atoms with Gasteiger partial charge in [-0.05, 0) is 38.5 Å². The van der Waals surface area contributed by atoms with Crippen molar-refractivity contribution in [1.82, 2.24) is 0 Å². The summed E-state index contributed by atoms with van der Waals surface area (Å²) >= 11 is 0. The van der Waals surface area contributed by atoms with Crippen molar-refractivity contribution in [3.8, 4) is 0 Å². The smallest absolute Gasteiger partial charge is 0.333 e. The number of hydrogen-bond donors (Lipinski definition) is 0. The first-order chi connectivity index (χ1) is 6.49. The summed E-state index contributed by atoms with van der Waals surface area (Å²) in [4.78, 5) is 11.5. The average Bonchev–Trinajstić information content (AvgIpc) is 2.44. The van der Waals surface area contributed by atoms with Gasteiger partial charge in [0.2, 0.25) is 0 Å². The van der Waals surface area contributed by atoms with Crippen molar-refractivity contribution < 1.29 is 9.53 Å². The van der Waals surface area contributed by atoms with Gasteiger partial charge in [-0.25, -0.2) is 4.79 Å². The maximum atomic E-state index is 11.5. The Labute approximate surface area is 86.3 Å². The van der Waals surface area contributed by atoms with E-state index in [1.165, 1.54) is 18.4 Å². The minimum Gasteiger partial charge on any atom is -0.463 e. The molecule has 1 fully saturated rings. The van der Waals surface area contributed by atoms with Crippen LogP contribution in [-0.2, 0) is 9.53 Å². The summed E-state index contributed by atoms with van der Waals surface area (Å²) in [5.74, 6) is -0.141. The van der Waals surface area contributed by atoms with Gasteiger partial charge in [-0.1, -0.05) is 19.4 Å². The van der Waals surface area contributed by atoms with Gasteiger partial charge in [-0.3, -0.25) is 0 Å². The Hall–Kier alpha value is -0.790. The minimum atomic E-state index is -0.141. The molecule has 1 saturated carbocycles. The molecule has 0 aliphatic heterocycles. The van der Waals surface area contributed by atoms with Crippen molar-refractivity contribution in [3.05, 3.63) is 11.1 Å². The SMILES string of the molecule is CCOC(=O)/C(C)=C1\CCCC1(C)C. The van der Waals surface area contributed by atoms with E-state index in [0.29, 0.717) is 6.61 Å². The summed E-state index contributed by atoms with van der Waals surface area (Å²) in [6.45, 7) is 8.61. The largest absolute Gasteiger partial charge is 0.463 e. The molecule has 1 rings (SSSR count). The number of hydrogen-bond acceptors (Lipinski definition) is 2. The van der Waals surface area contributed by atoms with E-state index in [1.54, 1.807) is 0 Å². The quantitative estimate of drug-likeness (QED) is 0.501. The lowest BCUT2D eigenvalue weighted by atomic mass is 9.84. The maximum absolute atomic E-state index is 11.5. The van der Waals surface area contributed by atoms with Crippen molar-refractivity contribution in [1.29, 1.82) is 0 Å². The van der Waals surface area contributed by atoms with Crippen LogP contribution in [0.2, 0.25) is 0 Å². The molecule has 14 heavy (non-hydrogen) atoms. The summed E-state index contributed by atoms with van der Waals surface area (Å²) in [6.07, 6.45) is 3.43. The lowest BCUT2D eigenvalue weighted by Crippen LogP contribution is -2.14. The van der Waals surface area contributed by atoms with Crippen LogP contribution in [0.5, 0.6) is 0 Å². The Balaban J connectivity index is 2.87. The molecule has 1 aliphatic rings. The molecule has 0 radical (unpaired) electrons. The third kappa shape index (κ3) is 2.17. The Morgan fingerprint density at radius 2 is 2.14 bits per heavy atom. The van der Waals surface area contributed by atoms with Crippen LogP contribution in [-0.4, -0.2) is 12.6 Å². The number of allylic oxidation sites excluding steroid dienone is 1. The standard InChI is InChI=1S/C12H20O2/c1-5-14-11(13)9(2)10-7-6-8-12(10,3)4/h5-8H2,1-4H3/b10-9+. The van der Waals surface area contributed by atoms with E-state index in [1.807, 2.05) is 13.8 Å². The van der Waals surface area contributed by atoms with Gasteiger partial charge in [0, 0.05) is 5.57 Å². The Morgan fingerprint density at radius 1 is 1.50 bits per heavy atom. The minimum absolute atomic E-state index is 0.141. The van der Waals surface area contributed by atoms with E-state index < -0.39 is 0 Å². The number of esters is 1. The molecular weight excluding hydrogens is 176 g/mol. The Kier molecular flexibility index (Phi) is 3.35. The first kappa shape index (κ1) is 11.3. The van der Waals surface area contributed by atoms with E-state index in [9.17, 15) is 4.79 Å². The van der Waals surface area contributed by atoms with Crippen LogP contribution in [0.3, 0.4) is 0 Å². The molecule has 0 aromatic rings. The molecule has 0 N–H and O–H groups in total. The molecule has 0 atom stereocenters. The molecule has 0 unspecified atom stereocenters. The summed E-state index contributed by atoms with van der Waals surface area (Å²) < 4.78 is 5.01. The summed E-state index contributed by atoms with van der Waals surface area (Å²) in [6, 6.07) is 0. The second-order valence-corrected chi connectivity index (χ2v) is 4.56. The summed E-state index contributed by atoms with van der Waals surface area (Å²) in [5.41, 5.74) is 2.31. The van der Waals surface area contributed by atoms with Gasteiger partial charge < -0.3 is 4.74 Å². The fourth-order valence-corrected chi connectivity index (χ4v) is 2.25. The van der Waals surface area contributed by atoms with Crippen LogP contribution in [0.1, 0.15) is 47.0 Å². The molecule has 0 aromatic heterocycles. The van der Waals surface area contributed by atoms with Gasteiger partial charge in [0.25, 0.3) is 0 Å². The van der Waals surface area contributed by atoms with Crippen molar-refractivity contribution in [3.63, 3.8) is 0 Å². The zero-order valence-corrected chi connectivity index (χ0v) is 9.64. The number of carbonyl (C=O) groups is 1. The third-order valence-corrected chi connectivity index (χ3v) is 3.08. The first-order valence-corrected chi connectivity index (χ1v) is 5.36. The van der Waals surface area contributed by atoms with Crippen molar-refractivity contribution in [2.75, 3.05) is 6.61 Å². The summed E-state index contributed by atoms with van der Waals surface area (Å²) in [5, 5.41) is 0. The fraction of sp³-hybridized carbons (Fsp3) is 0.750. The lowest BCUT2D eigenvalue weighted by molar-refractivity contribution is -0.138. The van der Waals surface area contributed by atoms with Gasteiger partial charge in [0.05, 0.1) is 6.61 Å². The zero-order valence-electron chi connectivity index (χ0n) is 9.64. The van der Waals surface area contributed by atoms with E-state index >= 15 is 0 Å². The molecule has 80 valence electrons. The monoisotopic (exact) mass is 196 g/mol. The fourth-order valence-electron chi connectivity index (χ4n) is 2.25.